The van der Waals surface area contributed by atoms with Crippen molar-refractivity contribution < 1.29 is 13.9 Å². The standard InChI is InChI=1S/C17H23FN4O2/c18-14-9-19-16(20-10-14)22-5-1-4-17(12-22)11-21(6-7-24-17)15(23)8-13-2-3-13/h9-10,13H,1-8,11-12H2/t17-/m1/s1. The topological polar surface area (TPSA) is 58.6 Å². The lowest BCUT2D eigenvalue weighted by Crippen LogP contribution is -2.61. The number of piperidine rings is 1. The Morgan fingerprint density at radius 3 is 2.83 bits per heavy atom. The SMILES string of the molecule is O=C(CC1CC1)N1CCO[C@]2(CCCN(c3ncc(F)cn3)C2)C1. The van der Waals surface area contributed by atoms with Crippen LogP contribution in [0.5, 0.6) is 0 Å². The van der Waals surface area contributed by atoms with Gasteiger partial charge in [0.15, 0.2) is 5.82 Å². The van der Waals surface area contributed by atoms with Crippen LogP contribution in [0.1, 0.15) is 32.1 Å². The van der Waals surface area contributed by atoms with Crippen molar-refractivity contribution in [3.63, 3.8) is 0 Å². The Hall–Kier alpha value is -1.76. The number of halogens is 1. The van der Waals surface area contributed by atoms with E-state index in [4.69, 9.17) is 4.74 Å². The molecule has 1 aromatic rings. The molecule has 0 aromatic carbocycles. The zero-order chi connectivity index (χ0) is 16.6. The Kier molecular flexibility index (Phi) is 4.12. The van der Waals surface area contributed by atoms with Crippen LogP contribution >= 0.6 is 0 Å². The number of hydrogen-bond acceptors (Lipinski definition) is 5. The molecule has 4 rings (SSSR count). The third kappa shape index (κ3) is 3.36. The second-order valence-electron chi connectivity index (χ2n) is 7.22. The zero-order valence-electron chi connectivity index (χ0n) is 13.8. The zero-order valence-corrected chi connectivity index (χ0v) is 13.8. The molecule has 1 amide bonds. The first-order chi connectivity index (χ1) is 11.6. The van der Waals surface area contributed by atoms with Crippen molar-refractivity contribution in [2.75, 3.05) is 37.7 Å². The van der Waals surface area contributed by atoms with Gasteiger partial charge in [-0.05, 0) is 31.6 Å². The second kappa shape index (κ2) is 6.27. The van der Waals surface area contributed by atoms with Crippen molar-refractivity contribution in [3.8, 4) is 0 Å². The highest BCUT2D eigenvalue weighted by molar-refractivity contribution is 5.77. The molecule has 1 spiro atoms. The van der Waals surface area contributed by atoms with Gasteiger partial charge in [0, 0.05) is 19.5 Å². The molecule has 1 saturated carbocycles. The summed E-state index contributed by atoms with van der Waals surface area (Å²) in [7, 11) is 0. The van der Waals surface area contributed by atoms with E-state index in [2.05, 4.69) is 9.97 Å². The van der Waals surface area contributed by atoms with E-state index in [-0.39, 0.29) is 11.5 Å². The molecule has 0 unspecified atom stereocenters. The van der Waals surface area contributed by atoms with Crippen molar-refractivity contribution in [3.05, 3.63) is 18.2 Å². The maximum absolute atomic E-state index is 13.0. The van der Waals surface area contributed by atoms with E-state index < -0.39 is 5.82 Å². The van der Waals surface area contributed by atoms with Gasteiger partial charge in [0.2, 0.25) is 11.9 Å². The molecule has 6 nitrogen and oxygen atoms in total. The largest absolute Gasteiger partial charge is 0.369 e. The van der Waals surface area contributed by atoms with Gasteiger partial charge in [-0.15, -0.1) is 0 Å². The molecule has 130 valence electrons. The molecule has 3 heterocycles. The summed E-state index contributed by atoms with van der Waals surface area (Å²) >= 11 is 0. The van der Waals surface area contributed by atoms with Crippen LogP contribution in [0.2, 0.25) is 0 Å². The van der Waals surface area contributed by atoms with E-state index in [0.29, 0.717) is 44.5 Å². The van der Waals surface area contributed by atoms with Gasteiger partial charge in [-0.25, -0.2) is 14.4 Å². The van der Waals surface area contributed by atoms with Crippen LogP contribution in [0, 0.1) is 11.7 Å². The predicted octanol–water partition coefficient (Wildman–Crippen LogP) is 1.61. The summed E-state index contributed by atoms with van der Waals surface area (Å²) in [5.41, 5.74) is -0.354. The minimum atomic E-state index is -0.434. The molecular formula is C17H23FN4O2. The summed E-state index contributed by atoms with van der Waals surface area (Å²) in [5.74, 6) is 0.957. The minimum absolute atomic E-state index is 0.260. The second-order valence-corrected chi connectivity index (χ2v) is 7.22. The molecule has 2 saturated heterocycles. The number of carbonyl (C=O) groups is 1. The molecule has 0 N–H and O–H groups in total. The number of morpholine rings is 1. The Balaban J connectivity index is 1.44. The number of amides is 1. The van der Waals surface area contributed by atoms with Gasteiger partial charge in [0.25, 0.3) is 0 Å². The van der Waals surface area contributed by atoms with Crippen molar-refractivity contribution in [2.24, 2.45) is 5.92 Å². The Labute approximate surface area is 141 Å². The number of aromatic nitrogens is 2. The number of hydrogen-bond donors (Lipinski definition) is 0. The van der Waals surface area contributed by atoms with Crippen molar-refractivity contribution in [1.29, 1.82) is 0 Å². The van der Waals surface area contributed by atoms with Gasteiger partial charge >= 0.3 is 0 Å². The van der Waals surface area contributed by atoms with E-state index in [0.717, 1.165) is 19.4 Å². The normalized spacial score (nSPS) is 27.5. The molecule has 0 radical (unpaired) electrons. The van der Waals surface area contributed by atoms with Crippen molar-refractivity contribution >= 4 is 11.9 Å². The number of rotatable bonds is 3. The van der Waals surface area contributed by atoms with E-state index >= 15 is 0 Å². The first kappa shape index (κ1) is 15.7. The van der Waals surface area contributed by atoms with Crippen molar-refractivity contribution in [1.82, 2.24) is 14.9 Å². The molecule has 24 heavy (non-hydrogen) atoms. The molecule has 3 fully saturated rings. The summed E-state index contributed by atoms with van der Waals surface area (Å²) in [6.45, 7) is 3.36. The fourth-order valence-electron chi connectivity index (χ4n) is 3.74. The fourth-order valence-corrected chi connectivity index (χ4v) is 3.74. The van der Waals surface area contributed by atoms with Gasteiger partial charge in [0.05, 0.1) is 32.1 Å². The molecule has 1 aromatic heterocycles. The van der Waals surface area contributed by atoms with E-state index in [1.807, 2.05) is 9.80 Å². The highest BCUT2D eigenvalue weighted by atomic mass is 19.1. The number of ether oxygens (including phenoxy) is 1. The summed E-state index contributed by atoms with van der Waals surface area (Å²) in [6.07, 6.45) is 7.32. The third-order valence-corrected chi connectivity index (χ3v) is 5.19. The van der Waals surface area contributed by atoms with Crippen LogP contribution in [0.15, 0.2) is 12.4 Å². The summed E-state index contributed by atoms with van der Waals surface area (Å²) in [6, 6.07) is 0. The van der Waals surface area contributed by atoms with E-state index in [1.165, 1.54) is 25.2 Å². The predicted molar refractivity (Wildman–Crippen MR) is 86.0 cm³/mol. The Morgan fingerprint density at radius 1 is 1.29 bits per heavy atom. The average molecular weight is 334 g/mol. The fraction of sp³-hybridized carbons (Fsp3) is 0.706. The average Bonchev–Trinajstić information content (AvgIpc) is 3.39. The minimum Gasteiger partial charge on any atom is -0.369 e. The lowest BCUT2D eigenvalue weighted by Gasteiger charge is -2.48. The molecular weight excluding hydrogens is 311 g/mol. The smallest absolute Gasteiger partial charge is 0.225 e. The summed E-state index contributed by atoms with van der Waals surface area (Å²) < 4.78 is 19.2. The highest BCUT2D eigenvalue weighted by Crippen LogP contribution is 2.35. The molecule has 0 bridgehead atoms. The molecule has 3 aliphatic rings. The number of anilines is 1. The maximum atomic E-state index is 13.0. The lowest BCUT2D eigenvalue weighted by atomic mass is 9.90. The Bertz CT molecular complexity index is 603. The van der Waals surface area contributed by atoms with Gasteiger partial charge in [-0.3, -0.25) is 4.79 Å². The van der Waals surface area contributed by atoms with Gasteiger partial charge in [-0.1, -0.05) is 0 Å². The molecule has 1 atom stereocenters. The maximum Gasteiger partial charge on any atom is 0.225 e. The monoisotopic (exact) mass is 334 g/mol. The molecule has 1 aliphatic carbocycles. The quantitative estimate of drug-likeness (QED) is 0.841. The van der Waals surface area contributed by atoms with Crippen LogP contribution in [-0.2, 0) is 9.53 Å². The van der Waals surface area contributed by atoms with E-state index in [1.54, 1.807) is 0 Å². The van der Waals surface area contributed by atoms with Crippen LogP contribution < -0.4 is 4.90 Å². The molecule has 2 aliphatic heterocycles. The third-order valence-electron chi connectivity index (χ3n) is 5.19. The highest BCUT2D eigenvalue weighted by Gasteiger charge is 2.42. The summed E-state index contributed by atoms with van der Waals surface area (Å²) in [4.78, 5) is 24.6. The number of nitrogens with zero attached hydrogens (tertiary/aromatic N) is 4. The summed E-state index contributed by atoms with van der Waals surface area (Å²) in [5, 5.41) is 0. The number of carbonyl (C=O) groups excluding carboxylic acids is 1. The van der Waals surface area contributed by atoms with Crippen LogP contribution in [0.4, 0.5) is 10.3 Å². The first-order valence-corrected chi connectivity index (χ1v) is 8.78. The Morgan fingerprint density at radius 2 is 2.08 bits per heavy atom. The first-order valence-electron chi connectivity index (χ1n) is 8.78. The van der Waals surface area contributed by atoms with E-state index in [9.17, 15) is 9.18 Å². The van der Waals surface area contributed by atoms with Crippen LogP contribution in [-0.4, -0.2) is 59.2 Å². The van der Waals surface area contributed by atoms with Crippen LogP contribution in [0.3, 0.4) is 0 Å². The lowest BCUT2D eigenvalue weighted by molar-refractivity contribution is -0.152. The van der Waals surface area contributed by atoms with Crippen LogP contribution in [0.25, 0.3) is 0 Å². The van der Waals surface area contributed by atoms with Gasteiger partial charge < -0.3 is 14.5 Å². The van der Waals surface area contributed by atoms with Crippen molar-refractivity contribution in [2.45, 2.75) is 37.7 Å². The van der Waals surface area contributed by atoms with Gasteiger partial charge in [-0.2, -0.15) is 0 Å². The molecule has 7 heteroatoms. The van der Waals surface area contributed by atoms with Gasteiger partial charge in [0.1, 0.15) is 5.60 Å².